The van der Waals surface area contributed by atoms with Gasteiger partial charge in [0.2, 0.25) is 0 Å². The molecular formula is C11H16Cl2N4O. The van der Waals surface area contributed by atoms with Gasteiger partial charge in [-0.2, -0.15) is 0 Å². The van der Waals surface area contributed by atoms with E-state index in [1.807, 2.05) is 16.8 Å². The summed E-state index contributed by atoms with van der Waals surface area (Å²) in [5.74, 6) is 0. The van der Waals surface area contributed by atoms with E-state index in [1.165, 1.54) is 0 Å². The van der Waals surface area contributed by atoms with Crippen LogP contribution in [-0.2, 0) is 0 Å². The first-order valence-electron chi connectivity index (χ1n) is 5.61. The molecule has 0 atom stereocenters. The van der Waals surface area contributed by atoms with Crippen molar-refractivity contribution in [2.24, 2.45) is 0 Å². The van der Waals surface area contributed by atoms with Gasteiger partial charge in [0.25, 0.3) is 5.56 Å². The van der Waals surface area contributed by atoms with Crippen LogP contribution in [-0.4, -0.2) is 27.6 Å². The van der Waals surface area contributed by atoms with E-state index in [4.69, 9.17) is 0 Å². The molecule has 1 fully saturated rings. The number of hydrogen-bond donors (Lipinski definition) is 2. The maximum atomic E-state index is 12.1. The van der Waals surface area contributed by atoms with Gasteiger partial charge < -0.3 is 14.9 Å². The smallest absolute Gasteiger partial charge is 0.278 e. The molecule has 2 N–H and O–H groups in total. The molecule has 1 aliphatic rings. The van der Waals surface area contributed by atoms with Crippen molar-refractivity contribution < 1.29 is 0 Å². The number of rotatable bonds is 1. The van der Waals surface area contributed by atoms with Gasteiger partial charge in [-0.1, -0.05) is 0 Å². The lowest BCUT2D eigenvalue weighted by molar-refractivity contribution is 0.362. The molecule has 2 aromatic rings. The van der Waals surface area contributed by atoms with Crippen molar-refractivity contribution in [2.45, 2.75) is 18.9 Å². The topological polar surface area (TPSA) is 62.7 Å². The zero-order chi connectivity index (χ0) is 11.0. The molecule has 5 nitrogen and oxygen atoms in total. The van der Waals surface area contributed by atoms with Crippen LogP contribution in [0.2, 0.25) is 0 Å². The summed E-state index contributed by atoms with van der Waals surface area (Å²) in [7, 11) is 0. The highest BCUT2D eigenvalue weighted by Gasteiger charge is 2.17. The highest BCUT2D eigenvalue weighted by Crippen LogP contribution is 2.17. The van der Waals surface area contributed by atoms with Crippen molar-refractivity contribution in [1.82, 2.24) is 19.9 Å². The van der Waals surface area contributed by atoms with Crippen LogP contribution in [0.15, 0.2) is 23.4 Å². The summed E-state index contributed by atoms with van der Waals surface area (Å²) in [6.45, 7) is 1.96. The SMILES string of the molecule is Cl.Cl.O=c1c2nc[nH]c2ccn1C1CCNCC1. The summed E-state index contributed by atoms with van der Waals surface area (Å²) < 4.78 is 1.82. The second-order valence-corrected chi connectivity index (χ2v) is 4.17. The summed E-state index contributed by atoms with van der Waals surface area (Å²) in [4.78, 5) is 19.2. The van der Waals surface area contributed by atoms with Gasteiger partial charge in [0, 0.05) is 12.2 Å². The molecule has 7 heteroatoms. The molecule has 3 rings (SSSR count). The standard InChI is InChI=1S/C11H14N4O.2ClH/c16-11-10-9(13-7-14-10)3-6-15(11)8-1-4-12-5-2-8;;/h3,6-8,12H,1-2,4-5H2,(H,13,14);2*1H. The van der Waals surface area contributed by atoms with E-state index < -0.39 is 0 Å². The summed E-state index contributed by atoms with van der Waals surface area (Å²) in [5, 5.41) is 3.30. The molecule has 3 heterocycles. The van der Waals surface area contributed by atoms with Gasteiger partial charge in [-0.3, -0.25) is 4.79 Å². The molecule has 0 aliphatic carbocycles. The number of imidazole rings is 1. The monoisotopic (exact) mass is 290 g/mol. The predicted molar refractivity (Wildman–Crippen MR) is 76.0 cm³/mol. The van der Waals surface area contributed by atoms with Crippen molar-refractivity contribution in [1.29, 1.82) is 0 Å². The van der Waals surface area contributed by atoms with Crippen LogP contribution in [0.25, 0.3) is 11.0 Å². The van der Waals surface area contributed by atoms with Gasteiger partial charge in [0.1, 0.15) is 0 Å². The summed E-state index contributed by atoms with van der Waals surface area (Å²) in [6, 6.07) is 2.24. The minimum Gasteiger partial charge on any atom is -0.344 e. The molecule has 0 saturated carbocycles. The number of aromatic amines is 1. The normalized spacial score (nSPS) is 16.0. The number of fused-ring (bicyclic) bond motifs is 1. The van der Waals surface area contributed by atoms with Crippen molar-refractivity contribution in [3.8, 4) is 0 Å². The zero-order valence-corrected chi connectivity index (χ0v) is 11.4. The van der Waals surface area contributed by atoms with Crippen LogP contribution < -0.4 is 10.9 Å². The molecule has 1 saturated heterocycles. The fraction of sp³-hybridized carbons (Fsp3) is 0.455. The molecule has 1 aliphatic heterocycles. The Bertz CT molecular complexity index is 559. The highest BCUT2D eigenvalue weighted by atomic mass is 35.5. The van der Waals surface area contributed by atoms with Gasteiger partial charge in [0.15, 0.2) is 5.52 Å². The van der Waals surface area contributed by atoms with E-state index in [-0.39, 0.29) is 30.4 Å². The molecule has 0 unspecified atom stereocenters. The third-order valence-electron chi connectivity index (χ3n) is 3.21. The highest BCUT2D eigenvalue weighted by molar-refractivity contribution is 5.85. The molecule has 2 aromatic heterocycles. The Balaban J connectivity index is 0.000000810. The number of H-pyrrole nitrogens is 1. The first-order valence-corrected chi connectivity index (χ1v) is 5.61. The third-order valence-corrected chi connectivity index (χ3v) is 3.21. The number of aromatic nitrogens is 3. The van der Waals surface area contributed by atoms with E-state index in [9.17, 15) is 4.79 Å². The van der Waals surface area contributed by atoms with Crippen LogP contribution >= 0.6 is 24.8 Å². The fourth-order valence-corrected chi connectivity index (χ4v) is 2.32. The van der Waals surface area contributed by atoms with E-state index in [0.717, 1.165) is 31.4 Å². The van der Waals surface area contributed by atoms with E-state index in [0.29, 0.717) is 11.6 Å². The maximum Gasteiger partial charge on any atom is 0.278 e. The average Bonchev–Trinajstić information content (AvgIpc) is 2.80. The minimum atomic E-state index is 0. The Morgan fingerprint density at radius 2 is 2.00 bits per heavy atom. The van der Waals surface area contributed by atoms with Crippen LogP contribution in [0.4, 0.5) is 0 Å². The van der Waals surface area contributed by atoms with Gasteiger partial charge >= 0.3 is 0 Å². The second kappa shape index (κ2) is 6.22. The number of hydrogen-bond acceptors (Lipinski definition) is 3. The summed E-state index contributed by atoms with van der Waals surface area (Å²) in [5.41, 5.74) is 1.38. The molecule has 0 radical (unpaired) electrons. The molecule has 0 aromatic carbocycles. The van der Waals surface area contributed by atoms with Gasteiger partial charge in [-0.15, -0.1) is 24.8 Å². The number of halogens is 2. The van der Waals surface area contributed by atoms with Crippen molar-refractivity contribution in [3.05, 3.63) is 28.9 Å². The lowest BCUT2D eigenvalue weighted by atomic mass is 10.1. The van der Waals surface area contributed by atoms with E-state index >= 15 is 0 Å². The number of piperidine rings is 1. The lowest BCUT2D eigenvalue weighted by Gasteiger charge is -2.24. The summed E-state index contributed by atoms with van der Waals surface area (Å²) in [6.07, 6.45) is 5.46. The zero-order valence-electron chi connectivity index (χ0n) is 9.76. The number of pyridine rings is 1. The van der Waals surface area contributed by atoms with Gasteiger partial charge in [-0.05, 0) is 32.0 Å². The Morgan fingerprint density at radius 3 is 2.72 bits per heavy atom. The Kier molecular flexibility index (Phi) is 5.19. The molecule has 0 bridgehead atoms. The fourth-order valence-electron chi connectivity index (χ4n) is 2.32. The second-order valence-electron chi connectivity index (χ2n) is 4.17. The third kappa shape index (κ3) is 2.53. The van der Waals surface area contributed by atoms with Crippen LogP contribution in [0.5, 0.6) is 0 Å². The molecule has 0 amide bonds. The van der Waals surface area contributed by atoms with Crippen molar-refractivity contribution >= 4 is 35.8 Å². The molecule has 0 spiro atoms. The maximum absolute atomic E-state index is 12.1. The van der Waals surface area contributed by atoms with E-state index in [1.54, 1.807) is 6.33 Å². The largest absolute Gasteiger partial charge is 0.344 e. The van der Waals surface area contributed by atoms with Crippen molar-refractivity contribution in [2.75, 3.05) is 13.1 Å². The Hall–Kier alpha value is -1.04. The Labute approximate surface area is 117 Å². The van der Waals surface area contributed by atoms with Crippen LogP contribution in [0, 0.1) is 0 Å². The first-order chi connectivity index (χ1) is 7.86. The van der Waals surface area contributed by atoms with Gasteiger partial charge in [0.05, 0.1) is 11.8 Å². The minimum absolute atomic E-state index is 0. The summed E-state index contributed by atoms with van der Waals surface area (Å²) >= 11 is 0. The van der Waals surface area contributed by atoms with Crippen LogP contribution in [0.3, 0.4) is 0 Å². The molecule has 100 valence electrons. The Morgan fingerprint density at radius 1 is 1.28 bits per heavy atom. The first kappa shape index (κ1) is 15.0. The molecular weight excluding hydrogens is 275 g/mol. The molecule has 18 heavy (non-hydrogen) atoms. The van der Waals surface area contributed by atoms with E-state index in [2.05, 4.69) is 15.3 Å². The predicted octanol–water partition coefficient (Wildman–Crippen LogP) is 1.49. The number of nitrogens with zero attached hydrogens (tertiary/aromatic N) is 2. The van der Waals surface area contributed by atoms with Crippen molar-refractivity contribution in [3.63, 3.8) is 0 Å². The quantitative estimate of drug-likeness (QED) is 0.837. The van der Waals surface area contributed by atoms with Gasteiger partial charge in [-0.25, -0.2) is 4.98 Å². The average molecular weight is 291 g/mol. The lowest BCUT2D eigenvalue weighted by Crippen LogP contribution is -2.34. The number of nitrogens with one attached hydrogen (secondary N) is 2. The van der Waals surface area contributed by atoms with Crippen LogP contribution in [0.1, 0.15) is 18.9 Å².